The number of anilines is 1. The Morgan fingerprint density at radius 1 is 1.12 bits per heavy atom. The van der Waals surface area contributed by atoms with E-state index in [0.29, 0.717) is 10.5 Å². The van der Waals surface area contributed by atoms with Crippen LogP contribution in [0, 0.1) is 0 Å². The van der Waals surface area contributed by atoms with Crippen LogP contribution in [0.15, 0.2) is 41.2 Å². The maximum atomic E-state index is 12.6. The molecule has 1 amide bonds. The summed E-state index contributed by atoms with van der Waals surface area (Å²) in [5, 5.41) is 3.47. The molecule has 1 N–H and O–H groups in total. The summed E-state index contributed by atoms with van der Waals surface area (Å²) in [4.78, 5) is 24.7. The van der Waals surface area contributed by atoms with E-state index in [2.05, 4.69) is 19.2 Å². The first kappa shape index (κ1) is 17.7. The van der Waals surface area contributed by atoms with Gasteiger partial charge in [-0.25, -0.2) is 0 Å². The topological polar surface area (TPSA) is 51.1 Å². The fraction of sp³-hybridized carbons (Fsp3) is 0.263. The van der Waals surface area contributed by atoms with Gasteiger partial charge in [-0.3, -0.25) is 14.2 Å². The Kier molecular flexibility index (Phi) is 5.25. The van der Waals surface area contributed by atoms with Crippen LogP contribution in [0.3, 0.4) is 0 Å². The number of rotatable bonds is 5. The molecule has 0 radical (unpaired) electrons. The molecule has 1 heterocycles. The number of halogens is 1. The van der Waals surface area contributed by atoms with Gasteiger partial charge in [-0.1, -0.05) is 61.1 Å². The van der Waals surface area contributed by atoms with Crippen molar-refractivity contribution in [3.05, 3.63) is 62.2 Å². The van der Waals surface area contributed by atoms with Gasteiger partial charge >= 0.3 is 4.87 Å². The SMILES string of the molecule is CCc1cccc(CC)c1NC(=O)Cn1c(=O)sc2cccc(Cl)c21. The van der Waals surface area contributed by atoms with Gasteiger partial charge in [-0.05, 0) is 36.1 Å². The fourth-order valence-electron chi connectivity index (χ4n) is 2.95. The van der Waals surface area contributed by atoms with Crippen molar-refractivity contribution in [1.82, 2.24) is 4.57 Å². The number of hydrogen-bond donors (Lipinski definition) is 1. The molecule has 4 nitrogen and oxygen atoms in total. The third-order valence-electron chi connectivity index (χ3n) is 4.20. The highest BCUT2D eigenvalue weighted by atomic mass is 35.5. The van der Waals surface area contributed by atoms with Crippen molar-refractivity contribution in [2.75, 3.05) is 5.32 Å². The summed E-state index contributed by atoms with van der Waals surface area (Å²) in [6.07, 6.45) is 1.66. The van der Waals surface area contributed by atoms with Crippen LogP contribution in [-0.2, 0) is 24.2 Å². The Bertz CT molecular complexity index is 968. The van der Waals surface area contributed by atoms with Crippen LogP contribution in [0.25, 0.3) is 10.2 Å². The first-order valence-corrected chi connectivity index (χ1v) is 9.43. The average Bonchev–Trinajstić information content (AvgIpc) is 2.91. The zero-order chi connectivity index (χ0) is 18.0. The first-order valence-electron chi connectivity index (χ1n) is 8.23. The third kappa shape index (κ3) is 3.48. The van der Waals surface area contributed by atoms with Gasteiger partial charge in [0.25, 0.3) is 0 Å². The second-order valence-corrected chi connectivity index (χ2v) is 7.15. The molecule has 0 unspecified atom stereocenters. The van der Waals surface area contributed by atoms with Crippen LogP contribution in [0.1, 0.15) is 25.0 Å². The molecule has 0 saturated heterocycles. The minimum absolute atomic E-state index is 0.0518. The van der Waals surface area contributed by atoms with Crippen molar-refractivity contribution >= 4 is 44.7 Å². The minimum atomic E-state index is -0.225. The van der Waals surface area contributed by atoms with Crippen LogP contribution < -0.4 is 10.2 Å². The van der Waals surface area contributed by atoms with E-state index in [1.54, 1.807) is 12.1 Å². The Balaban J connectivity index is 1.93. The number of nitrogens with one attached hydrogen (secondary N) is 1. The van der Waals surface area contributed by atoms with Crippen LogP contribution >= 0.6 is 22.9 Å². The normalized spacial score (nSPS) is 11.0. The summed E-state index contributed by atoms with van der Waals surface area (Å²) >= 11 is 7.33. The van der Waals surface area contributed by atoms with E-state index in [1.165, 1.54) is 4.57 Å². The van der Waals surface area contributed by atoms with Crippen LogP contribution in [-0.4, -0.2) is 10.5 Å². The average molecular weight is 375 g/mol. The predicted molar refractivity (Wildman–Crippen MR) is 105 cm³/mol. The van der Waals surface area contributed by atoms with Gasteiger partial charge < -0.3 is 5.32 Å². The van der Waals surface area contributed by atoms with Crippen molar-refractivity contribution in [1.29, 1.82) is 0 Å². The number of amides is 1. The molecule has 0 aliphatic rings. The molecule has 25 heavy (non-hydrogen) atoms. The van der Waals surface area contributed by atoms with E-state index in [9.17, 15) is 9.59 Å². The van der Waals surface area contributed by atoms with Crippen LogP contribution in [0.4, 0.5) is 5.69 Å². The number of aryl methyl sites for hydroxylation is 2. The molecule has 2 aromatic carbocycles. The third-order valence-corrected chi connectivity index (χ3v) is 5.45. The molecule has 1 aromatic heterocycles. The second-order valence-electron chi connectivity index (χ2n) is 5.75. The molecule has 0 aliphatic heterocycles. The highest BCUT2D eigenvalue weighted by Gasteiger charge is 2.15. The fourth-order valence-corrected chi connectivity index (χ4v) is 4.20. The Labute approximate surface area is 155 Å². The molecular weight excluding hydrogens is 356 g/mol. The minimum Gasteiger partial charge on any atom is -0.324 e. The van der Waals surface area contributed by atoms with E-state index in [-0.39, 0.29) is 17.3 Å². The van der Waals surface area contributed by atoms with Crippen LogP contribution in [0.5, 0.6) is 0 Å². The number of aromatic nitrogens is 1. The molecule has 130 valence electrons. The number of thiazole rings is 1. The molecule has 0 atom stereocenters. The van der Waals surface area contributed by atoms with Crippen molar-refractivity contribution in [2.45, 2.75) is 33.2 Å². The van der Waals surface area contributed by atoms with Gasteiger partial charge in [0, 0.05) is 5.69 Å². The molecular formula is C19H19ClN2O2S. The first-order chi connectivity index (χ1) is 12.0. The summed E-state index contributed by atoms with van der Waals surface area (Å²) in [7, 11) is 0. The van der Waals surface area contributed by atoms with Gasteiger partial charge in [-0.2, -0.15) is 0 Å². The number of para-hydroxylation sites is 2. The number of carbonyl (C=O) groups is 1. The molecule has 0 fully saturated rings. The molecule has 3 rings (SSSR count). The maximum Gasteiger partial charge on any atom is 0.308 e. The van der Waals surface area contributed by atoms with Crippen LogP contribution in [0.2, 0.25) is 5.02 Å². The highest BCUT2D eigenvalue weighted by Crippen LogP contribution is 2.26. The van der Waals surface area contributed by atoms with Crippen molar-refractivity contribution in [2.24, 2.45) is 0 Å². The molecule has 3 aromatic rings. The summed E-state index contributed by atoms with van der Waals surface area (Å²) < 4.78 is 2.23. The number of carbonyl (C=O) groups excluding carboxylic acids is 1. The smallest absolute Gasteiger partial charge is 0.308 e. The lowest BCUT2D eigenvalue weighted by molar-refractivity contribution is -0.116. The van der Waals surface area contributed by atoms with E-state index in [4.69, 9.17) is 11.6 Å². The van der Waals surface area contributed by atoms with Gasteiger partial charge in [0.15, 0.2) is 0 Å². The zero-order valence-corrected chi connectivity index (χ0v) is 15.7. The molecule has 6 heteroatoms. The van der Waals surface area contributed by atoms with Crippen molar-refractivity contribution < 1.29 is 4.79 Å². The standard InChI is InChI=1S/C19H19ClN2O2S/c1-3-12-7-5-8-13(4-2)17(12)21-16(23)11-22-18-14(20)9-6-10-15(18)25-19(22)24/h5-10H,3-4,11H2,1-2H3,(H,21,23). The number of hydrogen-bond acceptors (Lipinski definition) is 3. The Morgan fingerprint density at radius 2 is 1.76 bits per heavy atom. The summed E-state index contributed by atoms with van der Waals surface area (Å²) in [5.74, 6) is -0.225. The van der Waals surface area contributed by atoms with E-state index in [0.717, 1.165) is 45.7 Å². The van der Waals surface area contributed by atoms with Gasteiger partial charge in [0.05, 0.1) is 15.2 Å². The molecule has 0 bridgehead atoms. The van der Waals surface area contributed by atoms with E-state index in [1.807, 2.05) is 24.3 Å². The Morgan fingerprint density at radius 3 is 2.40 bits per heavy atom. The number of nitrogens with zero attached hydrogens (tertiary/aromatic N) is 1. The molecule has 0 saturated carbocycles. The molecule has 0 spiro atoms. The lowest BCUT2D eigenvalue weighted by Gasteiger charge is -2.14. The number of benzene rings is 2. The van der Waals surface area contributed by atoms with Gasteiger partial charge in [-0.15, -0.1) is 0 Å². The van der Waals surface area contributed by atoms with E-state index >= 15 is 0 Å². The molecule has 0 aliphatic carbocycles. The predicted octanol–water partition coefficient (Wildman–Crippen LogP) is 4.48. The summed E-state index contributed by atoms with van der Waals surface area (Å²) in [6.45, 7) is 4.06. The maximum absolute atomic E-state index is 12.6. The monoisotopic (exact) mass is 374 g/mol. The highest BCUT2D eigenvalue weighted by molar-refractivity contribution is 7.16. The quantitative estimate of drug-likeness (QED) is 0.715. The summed E-state index contributed by atoms with van der Waals surface area (Å²) in [6, 6.07) is 11.4. The lowest BCUT2D eigenvalue weighted by Crippen LogP contribution is -2.25. The summed E-state index contributed by atoms with van der Waals surface area (Å²) in [5.41, 5.74) is 3.66. The zero-order valence-electron chi connectivity index (χ0n) is 14.1. The van der Waals surface area contributed by atoms with Gasteiger partial charge in [0.1, 0.15) is 6.54 Å². The second kappa shape index (κ2) is 7.42. The van der Waals surface area contributed by atoms with Crippen molar-refractivity contribution in [3.8, 4) is 0 Å². The largest absolute Gasteiger partial charge is 0.324 e. The van der Waals surface area contributed by atoms with E-state index < -0.39 is 0 Å². The Hall–Kier alpha value is -2.11. The van der Waals surface area contributed by atoms with Gasteiger partial charge in [0.2, 0.25) is 5.91 Å². The number of fused-ring (bicyclic) bond motifs is 1. The van der Waals surface area contributed by atoms with Crippen molar-refractivity contribution in [3.63, 3.8) is 0 Å². The lowest BCUT2D eigenvalue weighted by atomic mass is 10.0.